The first-order chi connectivity index (χ1) is 8.52. The second kappa shape index (κ2) is 4.81. The van der Waals surface area contributed by atoms with Crippen LogP contribution in [0, 0.1) is 5.82 Å². The lowest BCUT2D eigenvalue weighted by atomic mass is 10.1. The van der Waals surface area contributed by atoms with Gasteiger partial charge in [-0.1, -0.05) is 0 Å². The summed E-state index contributed by atoms with van der Waals surface area (Å²) < 4.78 is 18.6. The van der Waals surface area contributed by atoms with E-state index in [1.807, 2.05) is 11.8 Å². The predicted molar refractivity (Wildman–Crippen MR) is 65.4 cm³/mol. The molecule has 18 heavy (non-hydrogen) atoms. The second-order valence-corrected chi connectivity index (χ2v) is 4.28. The summed E-state index contributed by atoms with van der Waals surface area (Å²) in [5, 5.41) is 9.18. The molecule has 0 amide bonds. The van der Waals surface area contributed by atoms with Gasteiger partial charge in [0.25, 0.3) is 0 Å². The number of hydrogen-bond acceptors (Lipinski definition) is 4. The van der Waals surface area contributed by atoms with Crippen molar-refractivity contribution >= 4 is 17.3 Å². The number of halogens is 1. The first-order valence-corrected chi connectivity index (χ1v) is 5.68. The smallest absolute Gasteiger partial charge is 0.340 e. The monoisotopic (exact) mass is 254 g/mol. The highest BCUT2D eigenvalue weighted by atomic mass is 19.1. The summed E-state index contributed by atoms with van der Waals surface area (Å²) in [4.78, 5) is 13.1. The summed E-state index contributed by atoms with van der Waals surface area (Å²) in [5.74, 6) is -1.93. The Hall–Kier alpha value is -1.82. The highest BCUT2D eigenvalue weighted by Gasteiger charge is 2.26. The van der Waals surface area contributed by atoms with Gasteiger partial charge in [-0.15, -0.1) is 0 Å². The number of nitrogens with two attached hydrogens (primary N) is 1. The molecule has 98 valence electrons. The van der Waals surface area contributed by atoms with Crippen LogP contribution in [0.5, 0.6) is 0 Å². The van der Waals surface area contributed by atoms with Gasteiger partial charge < -0.3 is 20.5 Å². The number of anilines is 2. The van der Waals surface area contributed by atoms with Crippen LogP contribution in [0.25, 0.3) is 0 Å². The number of carboxylic acids is 1. The summed E-state index contributed by atoms with van der Waals surface area (Å²) in [5.41, 5.74) is 5.47. The third kappa shape index (κ3) is 2.11. The molecule has 0 saturated carbocycles. The Morgan fingerprint density at radius 2 is 2.33 bits per heavy atom. The van der Waals surface area contributed by atoms with Gasteiger partial charge in [0.1, 0.15) is 11.4 Å². The normalized spacial score (nSPS) is 19.9. The largest absolute Gasteiger partial charge is 0.478 e. The molecule has 1 aromatic carbocycles. The van der Waals surface area contributed by atoms with Gasteiger partial charge >= 0.3 is 5.97 Å². The minimum Gasteiger partial charge on any atom is -0.478 e. The summed E-state index contributed by atoms with van der Waals surface area (Å²) >= 11 is 0. The van der Waals surface area contributed by atoms with Crippen LogP contribution >= 0.6 is 0 Å². The molecule has 0 spiro atoms. The Morgan fingerprint density at radius 1 is 1.61 bits per heavy atom. The summed E-state index contributed by atoms with van der Waals surface area (Å²) in [7, 11) is 0. The van der Waals surface area contributed by atoms with Crippen LogP contribution in [0.1, 0.15) is 17.3 Å². The molecule has 0 radical (unpaired) electrons. The Kier molecular flexibility index (Phi) is 3.38. The van der Waals surface area contributed by atoms with Crippen LogP contribution in [0.15, 0.2) is 12.1 Å². The van der Waals surface area contributed by atoms with E-state index in [4.69, 9.17) is 10.5 Å². The van der Waals surface area contributed by atoms with E-state index in [1.54, 1.807) is 0 Å². The highest BCUT2D eigenvalue weighted by molar-refractivity contribution is 6.00. The molecule has 1 aromatic rings. The van der Waals surface area contributed by atoms with E-state index < -0.39 is 11.8 Å². The van der Waals surface area contributed by atoms with Crippen LogP contribution < -0.4 is 10.6 Å². The fourth-order valence-electron chi connectivity index (χ4n) is 2.13. The van der Waals surface area contributed by atoms with Gasteiger partial charge in [-0.3, -0.25) is 0 Å². The fraction of sp³-hybridized carbons (Fsp3) is 0.417. The summed E-state index contributed by atoms with van der Waals surface area (Å²) in [6, 6.07) is 2.68. The van der Waals surface area contributed by atoms with Crippen molar-refractivity contribution in [2.45, 2.75) is 13.0 Å². The Bertz CT molecular complexity index is 479. The van der Waals surface area contributed by atoms with Crippen LogP contribution in [0.2, 0.25) is 0 Å². The zero-order valence-electron chi connectivity index (χ0n) is 10.0. The number of carbonyl (C=O) groups is 1. The second-order valence-electron chi connectivity index (χ2n) is 4.28. The van der Waals surface area contributed by atoms with Crippen molar-refractivity contribution < 1.29 is 19.0 Å². The lowest BCUT2D eigenvalue weighted by Crippen LogP contribution is -2.44. The van der Waals surface area contributed by atoms with E-state index in [9.17, 15) is 14.3 Å². The maximum absolute atomic E-state index is 13.4. The fourth-order valence-corrected chi connectivity index (χ4v) is 2.13. The number of aromatic carboxylic acids is 1. The van der Waals surface area contributed by atoms with E-state index in [1.165, 1.54) is 12.1 Å². The Morgan fingerprint density at radius 3 is 2.94 bits per heavy atom. The third-order valence-corrected chi connectivity index (χ3v) is 3.06. The molecule has 1 aliphatic rings. The third-order valence-electron chi connectivity index (χ3n) is 3.06. The quantitative estimate of drug-likeness (QED) is 0.779. The van der Waals surface area contributed by atoms with E-state index in [0.717, 1.165) is 0 Å². The number of nitrogen functional groups attached to an aromatic ring is 1. The molecule has 1 heterocycles. The van der Waals surface area contributed by atoms with E-state index in [2.05, 4.69) is 0 Å². The van der Waals surface area contributed by atoms with Crippen molar-refractivity contribution in [2.75, 3.05) is 30.4 Å². The molecular weight excluding hydrogens is 239 g/mol. The maximum Gasteiger partial charge on any atom is 0.340 e. The number of morpholine rings is 1. The van der Waals surface area contributed by atoms with Crippen molar-refractivity contribution in [2.24, 2.45) is 0 Å². The predicted octanol–water partition coefficient (Wildman–Crippen LogP) is 1.33. The van der Waals surface area contributed by atoms with E-state index in [0.29, 0.717) is 25.4 Å². The van der Waals surface area contributed by atoms with Gasteiger partial charge in [-0.2, -0.15) is 0 Å². The van der Waals surface area contributed by atoms with Crippen LogP contribution in [-0.4, -0.2) is 36.9 Å². The number of carboxylic acid groups (broad SMARTS) is 1. The van der Waals surface area contributed by atoms with Gasteiger partial charge in [0, 0.05) is 12.6 Å². The number of ether oxygens (including phenoxy) is 1. The minimum atomic E-state index is -1.22. The first-order valence-electron chi connectivity index (χ1n) is 5.68. The van der Waals surface area contributed by atoms with E-state index >= 15 is 0 Å². The zero-order chi connectivity index (χ0) is 13.3. The molecular formula is C12H15FN2O3. The van der Waals surface area contributed by atoms with E-state index in [-0.39, 0.29) is 17.3 Å². The SMILES string of the molecule is CC1COCCN1c1ccc(F)c(N)c1C(=O)O. The van der Waals surface area contributed by atoms with Crippen LogP contribution in [0.4, 0.5) is 15.8 Å². The van der Waals surface area contributed by atoms with Gasteiger partial charge in [0.15, 0.2) is 0 Å². The summed E-state index contributed by atoms with van der Waals surface area (Å²) in [6.45, 7) is 3.51. The standard InChI is InChI=1S/C12H15FN2O3/c1-7-6-18-5-4-15(7)9-3-2-8(13)11(14)10(9)12(16)17/h2-3,7H,4-6,14H2,1H3,(H,16,17). The van der Waals surface area contributed by atoms with Crippen LogP contribution in [0.3, 0.4) is 0 Å². The minimum absolute atomic E-state index is 0.0294. The summed E-state index contributed by atoms with van der Waals surface area (Å²) in [6.07, 6.45) is 0. The molecule has 1 fully saturated rings. The number of benzene rings is 1. The van der Waals surface area contributed by atoms with Gasteiger partial charge in [0.05, 0.1) is 24.6 Å². The Labute approximate surface area is 104 Å². The molecule has 0 bridgehead atoms. The molecule has 0 aliphatic carbocycles. The van der Waals surface area contributed by atoms with Gasteiger partial charge in [-0.05, 0) is 19.1 Å². The number of rotatable bonds is 2. The first kappa shape index (κ1) is 12.6. The number of hydrogen-bond donors (Lipinski definition) is 2. The lowest BCUT2D eigenvalue weighted by Gasteiger charge is -2.36. The van der Waals surface area contributed by atoms with Crippen molar-refractivity contribution in [3.63, 3.8) is 0 Å². The maximum atomic E-state index is 13.4. The van der Waals surface area contributed by atoms with Crippen molar-refractivity contribution in [1.82, 2.24) is 0 Å². The number of nitrogens with zero attached hydrogens (tertiary/aromatic N) is 1. The highest BCUT2D eigenvalue weighted by Crippen LogP contribution is 2.30. The Balaban J connectivity index is 2.49. The molecule has 1 unspecified atom stereocenters. The average molecular weight is 254 g/mol. The molecule has 1 atom stereocenters. The average Bonchev–Trinajstić information content (AvgIpc) is 2.33. The molecule has 1 aliphatic heterocycles. The van der Waals surface area contributed by atoms with Crippen molar-refractivity contribution in [3.8, 4) is 0 Å². The molecule has 1 saturated heterocycles. The molecule has 0 aromatic heterocycles. The van der Waals surface area contributed by atoms with Gasteiger partial charge in [-0.25, -0.2) is 9.18 Å². The molecule has 6 heteroatoms. The van der Waals surface area contributed by atoms with Gasteiger partial charge in [0.2, 0.25) is 0 Å². The zero-order valence-corrected chi connectivity index (χ0v) is 10.0. The van der Waals surface area contributed by atoms with Crippen molar-refractivity contribution in [1.29, 1.82) is 0 Å². The molecule has 2 rings (SSSR count). The topological polar surface area (TPSA) is 75.8 Å². The van der Waals surface area contributed by atoms with Crippen LogP contribution in [-0.2, 0) is 4.74 Å². The molecule has 3 N–H and O–H groups in total. The van der Waals surface area contributed by atoms with Crippen molar-refractivity contribution in [3.05, 3.63) is 23.5 Å². The lowest BCUT2D eigenvalue weighted by molar-refractivity contribution is 0.0695. The molecule has 5 nitrogen and oxygen atoms in total.